The molecule has 0 amide bonds. The Bertz CT molecular complexity index is 552. The zero-order valence-corrected chi connectivity index (χ0v) is 12.1. The van der Waals surface area contributed by atoms with E-state index in [9.17, 15) is 13.5 Å². The number of aliphatic hydroxyl groups excluding tert-OH is 1. The molecule has 19 heavy (non-hydrogen) atoms. The summed E-state index contributed by atoms with van der Waals surface area (Å²) in [7, 11) is -3.10. The van der Waals surface area contributed by atoms with Gasteiger partial charge in [-0.2, -0.15) is 0 Å². The lowest BCUT2D eigenvalue weighted by molar-refractivity contribution is 0.0399. The zero-order chi connectivity index (χ0) is 14.3. The summed E-state index contributed by atoms with van der Waals surface area (Å²) >= 11 is 0. The van der Waals surface area contributed by atoms with Crippen molar-refractivity contribution < 1.29 is 13.5 Å². The highest BCUT2D eigenvalue weighted by atomic mass is 32.2. The number of imidazole rings is 1. The number of aliphatic hydroxyl groups is 1. The van der Waals surface area contributed by atoms with Crippen molar-refractivity contribution in [2.24, 2.45) is 11.1 Å². The van der Waals surface area contributed by atoms with Gasteiger partial charge in [-0.3, -0.25) is 0 Å². The Balaban J connectivity index is 2.37. The van der Waals surface area contributed by atoms with Gasteiger partial charge in [0.25, 0.3) is 0 Å². The minimum absolute atomic E-state index is 0.0546. The SMILES string of the molecule is CC(C)n1cncc1C(O)C1(CN)CCS(=O)(=O)C1. The van der Waals surface area contributed by atoms with Crippen molar-refractivity contribution in [1.29, 1.82) is 0 Å². The van der Waals surface area contributed by atoms with Gasteiger partial charge in [-0.1, -0.05) is 0 Å². The lowest BCUT2D eigenvalue weighted by Crippen LogP contribution is -2.39. The fraction of sp³-hybridized carbons (Fsp3) is 0.750. The van der Waals surface area contributed by atoms with Gasteiger partial charge in [-0.15, -0.1) is 0 Å². The minimum Gasteiger partial charge on any atom is -0.386 e. The molecule has 2 atom stereocenters. The van der Waals surface area contributed by atoms with Gasteiger partial charge in [0, 0.05) is 18.0 Å². The van der Waals surface area contributed by atoms with Crippen molar-refractivity contribution in [1.82, 2.24) is 9.55 Å². The Labute approximate surface area is 113 Å². The normalized spacial score (nSPS) is 27.8. The number of sulfone groups is 1. The lowest BCUT2D eigenvalue weighted by Gasteiger charge is -2.32. The van der Waals surface area contributed by atoms with Crippen molar-refractivity contribution in [3.8, 4) is 0 Å². The van der Waals surface area contributed by atoms with E-state index in [1.807, 2.05) is 18.4 Å². The fourth-order valence-electron chi connectivity index (χ4n) is 2.70. The molecular weight excluding hydrogens is 266 g/mol. The molecule has 6 nitrogen and oxygen atoms in total. The number of rotatable bonds is 4. The largest absolute Gasteiger partial charge is 0.386 e. The van der Waals surface area contributed by atoms with Gasteiger partial charge >= 0.3 is 0 Å². The Morgan fingerprint density at radius 3 is 2.74 bits per heavy atom. The third kappa shape index (κ3) is 2.54. The van der Waals surface area contributed by atoms with Gasteiger partial charge in [-0.25, -0.2) is 13.4 Å². The van der Waals surface area contributed by atoms with E-state index in [1.54, 1.807) is 12.5 Å². The summed E-state index contributed by atoms with van der Waals surface area (Å²) in [6.07, 6.45) is 2.74. The summed E-state index contributed by atoms with van der Waals surface area (Å²) in [4.78, 5) is 4.05. The molecule has 2 heterocycles. The number of nitrogens with zero attached hydrogens (tertiary/aromatic N) is 2. The average Bonchev–Trinajstić information content (AvgIpc) is 2.93. The molecular formula is C12H21N3O3S. The van der Waals surface area contributed by atoms with Gasteiger partial charge in [-0.05, 0) is 20.3 Å². The smallest absolute Gasteiger partial charge is 0.151 e. The van der Waals surface area contributed by atoms with E-state index < -0.39 is 21.4 Å². The first-order chi connectivity index (χ1) is 8.81. The van der Waals surface area contributed by atoms with E-state index in [4.69, 9.17) is 5.73 Å². The molecule has 1 aromatic rings. The summed E-state index contributed by atoms with van der Waals surface area (Å²) in [5.41, 5.74) is 5.62. The van der Waals surface area contributed by atoms with Crippen LogP contribution in [0.3, 0.4) is 0 Å². The molecule has 7 heteroatoms. The van der Waals surface area contributed by atoms with Gasteiger partial charge < -0.3 is 15.4 Å². The van der Waals surface area contributed by atoms with Crippen LogP contribution in [0.25, 0.3) is 0 Å². The number of hydrogen-bond acceptors (Lipinski definition) is 5. The van der Waals surface area contributed by atoms with Crippen molar-refractivity contribution in [3.05, 3.63) is 18.2 Å². The standard InChI is InChI=1S/C12H21N3O3S/c1-9(2)15-8-14-5-10(15)11(16)12(6-13)3-4-19(17,18)7-12/h5,8-9,11,16H,3-4,6-7,13H2,1-2H3. The minimum atomic E-state index is -3.10. The average molecular weight is 287 g/mol. The lowest BCUT2D eigenvalue weighted by atomic mass is 9.80. The fourth-order valence-corrected chi connectivity index (χ4v) is 4.86. The number of aromatic nitrogens is 2. The Morgan fingerprint density at radius 1 is 1.58 bits per heavy atom. The van der Waals surface area contributed by atoms with E-state index in [1.165, 1.54) is 0 Å². The highest BCUT2D eigenvalue weighted by molar-refractivity contribution is 7.91. The first-order valence-corrected chi connectivity index (χ1v) is 8.24. The van der Waals surface area contributed by atoms with Crippen LogP contribution in [0.4, 0.5) is 0 Å². The predicted octanol–water partition coefficient (Wildman–Crippen LogP) is 0.261. The molecule has 0 spiro atoms. The Morgan fingerprint density at radius 2 is 2.26 bits per heavy atom. The van der Waals surface area contributed by atoms with Crippen LogP contribution in [0.5, 0.6) is 0 Å². The molecule has 1 aromatic heterocycles. The maximum absolute atomic E-state index is 11.7. The molecule has 0 bridgehead atoms. The molecule has 1 aliphatic rings. The van der Waals surface area contributed by atoms with Crippen LogP contribution in [-0.4, -0.2) is 41.1 Å². The Kier molecular flexibility index (Phi) is 3.72. The maximum atomic E-state index is 11.7. The second-order valence-corrected chi connectivity index (χ2v) is 7.81. The van der Waals surface area contributed by atoms with E-state index >= 15 is 0 Å². The summed E-state index contributed by atoms with van der Waals surface area (Å²) in [6.45, 7) is 4.12. The highest BCUT2D eigenvalue weighted by Gasteiger charge is 2.48. The summed E-state index contributed by atoms with van der Waals surface area (Å²) in [6, 6.07) is 0.153. The first kappa shape index (κ1) is 14.5. The van der Waals surface area contributed by atoms with Crippen molar-refractivity contribution in [2.45, 2.75) is 32.4 Å². The van der Waals surface area contributed by atoms with Crippen LogP contribution in [0.2, 0.25) is 0 Å². The second-order valence-electron chi connectivity index (χ2n) is 5.63. The monoisotopic (exact) mass is 287 g/mol. The zero-order valence-electron chi connectivity index (χ0n) is 11.3. The van der Waals surface area contributed by atoms with Crippen molar-refractivity contribution in [2.75, 3.05) is 18.1 Å². The molecule has 2 unspecified atom stereocenters. The third-order valence-corrected chi connectivity index (χ3v) is 5.78. The number of hydrogen-bond donors (Lipinski definition) is 2. The summed E-state index contributed by atoms with van der Waals surface area (Å²) in [5.74, 6) is 0.0397. The molecule has 108 valence electrons. The molecule has 0 aromatic carbocycles. The van der Waals surface area contributed by atoms with Gasteiger partial charge in [0.2, 0.25) is 0 Å². The molecule has 2 rings (SSSR count). The van der Waals surface area contributed by atoms with E-state index in [-0.39, 0.29) is 24.1 Å². The van der Waals surface area contributed by atoms with Crippen molar-refractivity contribution >= 4 is 9.84 Å². The number of nitrogens with two attached hydrogens (primary N) is 1. The maximum Gasteiger partial charge on any atom is 0.151 e. The van der Waals surface area contributed by atoms with Crippen LogP contribution in [0.1, 0.15) is 38.1 Å². The Hall–Kier alpha value is -0.920. The summed E-state index contributed by atoms with van der Waals surface area (Å²) < 4.78 is 25.3. The van der Waals surface area contributed by atoms with E-state index in [0.29, 0.717) is 12.1 Å². The van der Waals surface area contributed by atoms with E-state index in [0.717, 1.165) is 0 Å². The van der Waals surface area contributed by atoms with Gasteiger partial charge in [0.05, 0.1) is 29.7 Å². The third-order valence-electron chi connectivity index (χ3n) is 3.94. The van der Waals surface area contributed by atoms with Gasteiger partial charge in [0.1, 0.15) is 6.10 Å². The molecule has 3 N–H and O–H groups in total. The molecule has 0 aliphatic carbocycles. The highest BCUT2D eigenvalue weighted by Crippen LogP contribution is 2.42. The van der Waals surface area contributed by atoms with Gasteiger partial charge in [0.15, 0.2) is 9.84 Å². The van der Waals surface area contributed by atoms with Crippen LogP contribution in [0, 0.1) is 5.41 Å². The first-order valence-electron chi connectivity index (χ1n) is 6.41. The second kappa shape index (κ2) is 4.88. The molecule has 1 aliphatic heterocycles. The molecule has 1 fully saturated rings. The molecule has 0 radical (unpaired) electrons. The summed E-state index contributed by atoms with van der Waals surface area (Å²) in [5, 5.41) is 10.6. The van der Waals surface area contributed by atoms with Crippen LogP contribution in [-0.2, 0) is 9.84 Å². The van der Waals surface area contributed by atoms with Crippen LogP contribution >= 0.6 is 0 Å². The molecule has 1 saturated heterocycles. The molecule has 0 saturated carbocycles. The topological polar surface area (TPSA) is 98.2 Å². The quantitative estimate of drug-likeness (QED) is 0.828. The van der Waals surface area contributed by atoms with Crippen LogP contribution in [0.15, 0.2) is 12.5 Å². The van der Waals surface area contributed by atoms with Crippen LogP contribution < -0.4 is 5.73 Å². The predicted molar refractivity (Wildman–Crippen MR) is 72.3 cm³/mol. The van der Waals surface area contributed by atoms with Crippen molar-refractivity contribution in [3.63, 3.8) is 0 Å². The van der Waals surface area contributed by atoms with E-state index in [2.05, 4.69) is 4.98 Å².